The summed E-state index contributed by atoms with van der Waals surface area (Å²) in [5.41, 5.74) is 1.03. The molecule has 8 heteroatoms. The van der Waals surface area contributed by atoms with Gasteiger partial charge in [0.15, 0.2) is 0 Å². The summed E-state index contributed by atoms with van der Waals surface area (Å²) in [5.74, 6) is -1.17. The van der Waals surface area contributed by atoms with Crippen molar-refractivity contribution < 1.29 is 19.8 Å². The van der Waals surface area contributed by atoms with E-state index in [9.17, 15) is 9.59 Å². The van der Waals surface area contributed by atoms with Crippen molar-refractivity contribution in [3.8, 4) is 0 Å². The molecule has 19 heavy (non-hydrogen) atoms. The van der Waals surface area contributed by atoms with Crippen LogP contribution in [0.1, 0.15) is 12.0 Å². The molecule has 0 radical (unpaired) electrons. The lowest BCUT2D eigenvalue weighted by Gasteiger charge is -2.13. The lowest BCUT2D eigenvalue weighted by atomic mass is 10.2. The lowest BCUT2D eigenvalue weighted by molar-refractivity contribution is -0.139. The van der Waals surface area contributed by atoms with Crippen LogP contribution in [0.25, 0.3) is 0 Å². The zero-order chi connectivity index (χ0) is 14.3. The van der Waals surface area contributed by atoms with E-state index < -0.39 is 18.0 Å². The molecule has 1 rings (SSSR count). The quantitative estimate of drug-likeness (QED) is 0.524. The molecule has 1 aromatic rings. The van der Waals surface area contributed by atoms with Gasteiger partial charge in [-0.05, 0) is 12.5 Å². The number of carboxylic acids is 1. The van der Waals surface area contributed by atoms with E-state index in [-0.39, 0.29) is 13.0 Å². The molecule has 0 aromatic carbocycles. The number of aliphatic hydroxyl groups excluding tert-OH is 1. The summed E-state index contributed by atoms with van der Waals surface area (Å²) >= 11 is 0. The van der Waals surface area contributed by atoms with Crippen molar-refractivity contribution in [1.82, 2.24) is 20.4 Å². The molecule has 0 aliphatic rings. The molecule has 0 aliphatic heterocycles. The molecule has 1 heterocycles. The molecule has 8 nitrogen and oxygen atoms in total. The van der Waals surface area contributed by atoms with Gasteiger partial charge in [-0.15, -0.1) is 0 Å². The van der Waals surface area contributed by atoms with Crippen molar-refractivity contribution in [3.63, 3.8) is 0 Å². The van der Waals surface area contributed by atoms with E-state index >= 15 is 0 Å². The van der Waals surface area contributed by atoms with Gasteiger partial charge in [-0.25, -0.2) is 9.59 Å². The molecule has 4 N–H and O–H groups in total. The average Bonchev–Trinajstić information content (AvgIpc) is 2.74. The number of carboxylic acid groups (broad SMARTS) is 1. The van der Waals surface area contributed by atoms with Gasteiger partial charge in [-0.2, -0.15) is 5.10 Å². The number of amides is 2. The fourth-order valence-electron chi connectivity index (χ4n) is 1.47. The number of hydrogen-bond acceptors (Lipinski definition) is 4. The van der Waals surface area contributed by atoms with E-state index in [4.69, 9.17) is 10.2 Å². The molecular formula is C11H18N4O4. The maximum atomic E-state index is 11.4. The monoisotopic (exact) mass is 270 g/mol. The van der Waals surface area contributed by atoms with Gasteiger partial charge in [-0.3, -0.25) is 4.68 Å². The van der Waals surface area contributed by atoms with Crippen LogP contribution in [0.4, 0.5) is 4.79 Å². The highest BCUT2D eigenvalue weighted by atomic mass is 16.4. The van der Waals surface area contributed by atoms with Gasteiger partial charge >= 0.3 is 12.0 Å². The normalized spacial score (nSPS) is 11.9. The van der Waals surface area contributed by atoms with Gasteiger partial charge in [0.25, 0.3) is 0 Å². The minimum Gasteiger partial charge on any atom is -0.480 e. The number of aliphatic carboxylic acids is 1. The van der Waals surface area contributed by atoms with Gasteiger partial charge in [-0.1, -0.05) is 0 Å². The topological polar surface area (TPSA) is 116 Å². The predicted molar refractivity (Wildman–Crippen MR) is 66.6 cm³/mol. The summed E-state index contributed by atoms with van der Waals surface area (Å²) in [6.45, 7) is 2.44. The highest BCUT2D eigenvalue weighted by Gasteiger charge is 2.18. The predicted octanol–water partition coefficient (Wildman–Crippen LogP) is -0.674. The molecule has 0 bridgehead atoms. The van der Waals surface area contributed by atoms with Gasteiger partial charge in [0.05, 0.1) is 12.7 Å². The number of rotatable bonds is 7. The van der Waals surface area contributed by atoms with Crippen LogP contribution < -0.4 is 10.6 Å². The van der Waals surface area contributed by atoms with Gasteiger partial charge < -0.3 is 20.8 Å². The van der Waals surface area contributed by atoms with Crippen LogP contribution in [0, 0.1) is 6.92 Å². The van der Waals surface area contributed by atoms with Crippen LogP contribution in [-0.2, 0) is 11.3 Å². The molecule has 0 aliphatic carbocycles. The van der Waals surface area contributed by atoms with Gasteiger partial charge in [0, 0.05) is 25.8 Å². The third kappa shape index (κ3) is 5.38. The maximum Gasteiger partial charge on any atom is 0.326 e. The number of hydrogen-bond donors (Lipinski definition) is 4. The highest BCUT2D eigenvalue weighted by molar-refractivity contribution is 5.82. The molecule has 1 aromatic heterocycles. The van der Waals surface area contributed by atoms with Crippen molar-refractivity contribution in [2.75, 3.05) is 13.2 Å². The second kappa shape index (κ2) is 7.37. The third-order valence-corrected chi connectivity index (χ3v) is 2.41. The summed E-state index contributed by atoms with van der Waals surface area (Å²) in [6, 6.07) is -1.67. The van der Waals surface area contributed by atoms with E-state index in [0.717, 1.165) is 5.56 Å². The minimum absolute atomic E-state index is 0.0267. The maximum absolute atomic E-state index is 11.4. The zero-order valence-electron chi connectivity index (χ0n) is 10.7. The first-order chi connectivity index (χ1) is 9.02. The summed E-state index contributed by atoms with van der Waals surface area (Å²) in [7, 11) is 0. The SMILES string of the molecule is Cc1cnn(CCNC(=O)NC(CCO)C(=O)O)c1. The number of nitrogens with zero attached hydrogens (tertiary/aromatic N) is 2. The largest absolute Gasteiger partial charge is 0.480 e. The summed E-state index contributed by atoms with van der Waals surface area (Å²) in [6.07, 6.45) is 3.52. The number of urea groups is 1. The Hall–Kier alpha value is -2.09. The Kier molecular flexibility index (Phi) is 5.80. The van der Waals surface area contributed by atoms with Crippen LogP contribution >= 0.6 is 0 Å². The molecule has 2 amide bonds. The first kappa shape index (κ1) is 15.0. The first-order valence-corrected chi connectivity index (χ1v) is 5.90. The van der Waals surface area contributed by atoms with E-state index in [1.807, 2.05) is 13.1 Å². The van der Waals surface area contributed by atoms with Crippen LogP contribution in [0.2, 0.25) is 0 Å². The number of aryl methyl sites for hydroxylation is 1. The molecule has 0 saturated heterocycles. The number of aliphatic hydroxyl groups is 1. The smallest absolute Gasteiger partial charge is 0.326 e. The second-order valence-corrected chi connectivity index (χ2v) is 4.08. The fraction of sp³-hybridized carbons (Fsp3) is 0.545. The molecule has 106 valence electrons. The number of carbonyl (C=O) groups excluding carboxylic acids is 1. The summed E-state index contributed by atoms with van der Waals surface area (Å²) < 4.78 is 1.68. The molecule has 0 saturated carbocycles. The third-order valence-electron chi connectivity index (χ3n) is 2.41. The van der Waals surface area contributed by atoms with Crippen LogP contribution in [0.3, 0.4) is 0 Å². The first-order valence-electron chi connectivity index (χ1n) is 5.90. The molecule has 1 atom stereocenters. The van der Waals surface area contributed by atoms with E-state index in [0.29, 0.717) is 13.1 Å². The van der Waals surface area contributed by atoms with Gasteiger partial charge in [0.1, 0.15) is 6.04 Å². The summed E-state index contributed by atoms with van der Waals surface area (Å²) in [4.78, 5) is 22.2. The van der Waals surface area contributed by atoms with Crippen LogP contribution in [0.5, 0.6) is 0 Å². The average molecular weight is 270 g/mol. The number of nitrogens with one attached hydrogen (secondary N) is 2. The Balaban J connectivity index is 2.28. The molecule has 0 fully saturated rings. The Morgan fingerprint density at radius 1 is 1.53 bits per heavy atom. The van der Waals surface area contributed by atoms with Crippen molar-refractivity contribution in [3.05, 3.63) is 18.0 Å². The van der Waals surface area contributed by atoms with Crippen molar-refractivity contribution in [2.24, 2.45) is 0 Å². The van der Waals surface area contributed by atoms with E-state index in [2.05, 4.69) is 15.7 Å². The Morgan fingerprint density at radius 3 is 2.79 bits per heavy atom. The second-order valence-electron chi connectivity index (χ2n) is 4.08. The number of carbonyl (C=O) groups is 2. The fourth-order valence-corrected chi connectivity index (χ4v) is 1.47. The van der Waals surface area contributed by atoms with Crippen molar-refractivity contribution >= 4 is 12.0 Å². The molecule has 1 unspecified atom stereocenters. The van der Waals surface area contributed by atoms with E-state index in [1.54, 1.807) is 10.9 Å². The number of aromatic nitrogens is 2. The van der Waals surface area contributed by atoms with Crippen molar-refractivity contribution in [2.45, 2.75) is 25.9 Å². The van der Waals surface area contributed by atoms with Crippen LogP contribution in [0.15, 0.2) is 12.4 Å². The lowest BCUT2D eigenvalue weighted by Crippen LogP contribution is -2.47. The Bertz CT molecular complexity index is 432. The van der Waals surface area contributed by atoms with Gasteiger partial charge in [0.2, 0.25) is 0 Å². The summed E-state index contributed by atoms with van der Waals surface area (Å²) in [5, 5.41) is 26.3. The van der Waals surface area contributed by atoms with Crippen LogP contribution in [-0.4, -0.2) is 51.2 Å². The highest BCUT2D eigenvalue weighted by Crippen LogP contribution is 1.93. The molecular weight excluding hydrogens is 252 g/mol. The minimum atomic E-state index is -1.17. The standard InChI is InChI=1S/C11H18N4O4/c1-8-6-13-15(7-8)4-3-12-11(19)14-9(2-5-16)10(17)18/h6-7,9,16H,2-5H2,1H3,(H,17,18)(H2,12,14,19). The van der Waals surface area contributed by atoms with E-state index in [1.165, 1.54) is 0 Å². The van der Waals surface area contributed by atoms with Crippen molar-refractivity contribution in [1.29, 1.82) is 0 Å². The molecule has 0 spiro atoms. The Morgan fingerprint density at radius 2 is 2.26 bits per heavy atom. The zero-order valence-corrected chi connectivity index (χ0v) is 10.7. The Labute approximate surface area is 110 Å².